The van der Waals surface area contributed by atoms with Crippen LogP contribution in [0.3, 0.4) is 0 Å². The Morgan fingerprint density at radius 2 is 1.15 bits per heavy atom. The number of rotatable bonds is 6. The molecular weight excluding hydrogens is 761 g/mol. The highest BCUT2D eigenvalue weighted by molar-refractivity contribution is 6.32. The predicted octanol–water partition coefficient (Wildman–Crippen LogP) is 12.3. The van der Waals surface area contributed by atoms with E-state index in [9.17, 15) is 8.78 Å². The van der Waals surface area contributed by atoms with Crippen molar-refractivity contribution in [3.8, 4) is 22.5 Å². The average molecular weight is 794 g/mol. The van der Waals surface area contributed by atoms with Gasteiger partial charge in [0.2, 0.25) is 0 Å². The Bertz CT molecular complexity index is 2650. The molecule has 2 fully saturated rings. The molecule has 2 aliphatic carbocycles. The van der Waals surface area contributed by atoms with Crippen LogP contribution in [0.15, 0.2) is 110 Å². The first-order valence-electron chi connectivity index (χ1n) is 17.6. The molecule has 6 heterocycles. The summed E-state index contributed by atoms with van der Waals surface area (Å²) < 4.78 is 28.0. The van der Waals surface area contributed by atoms with Crippen LogP contribution in [0.25, 0.3) is 44.6 Å². The molecule has 0 amide bonds. The molecule has 0 radical (unpaired) electrons. The van der Waals surface area contributed by atoms with E-state index in [0.29, 0.717) is 49.4 Å². The number of nitrogens with zero attached hydrogens (tertiary/aromatic N) is 4. The molecule has 2 aliphatic rings. The Morgan fingerprint density at radius 3 is 1.75 bits per heavy atom. The van der Waals surface area contributed by atoms with Gasteiger partial charge >= 0.3 is 0 Å². The Balaban J connectivity index is 0.000000130. The zero-order chi connectivity index (χ0) is 38.1. The van der Waals surface area contributed by atoms with Crippen molar-refractivity contribution in [2.45, 2.75) is 37.5 Å². The maximum atomic E-state index is 14.3. The minimum atomic E-state index is -0.345. The van der Waals surface area contributed by atoms with Gasteiger partial charge in [-0.2, -0.15) is 0 Å². The van der Waals surface area contributed by atoms with Crippen LogP contribution in [0.2, 0.25) is 15.1 Å². The molecule has 2 aromatic carbocycles. The van der Waals surface area contributed by atoms with Gasteiger partial charge < -0.3 is 21.0 Å². The average Bonchev–Trinajstić information content (AvgIpc) is 4.11. The molecule has 8 aromatic rings. The molecule has 0 unspecified atom stereocenters. The van der Waals surface area contributed by atoms with E-state index in [1.807, 2.05) is 42.9 Å². The minimum Gasteiger partial charge on any atom is -0.398 e. The topological polar surface area (TPSA) is 121 Å². The number of nitrogens with one attached hydrogen (secondary N) is 3. The van der Waals surface area contributed by atoms with Crippen LogP contribution in [0.5, 0.6) is 0 Å². The molecule has 2 saturated carbocycles. The summed E-state index contributed by atoms with van der Waals surface area (Å²) in [6.07, 6.45) is 15.4. The fraction of sp³-hybridized carbons (Fsp3) is 0.143. The van der Waals surface area contributed by atoms with Crippen molar-refractivity contribution in [1.82, 2.24) is 29.9 Å². The van der Waals surface area contributed by atoms with Crippen molar-refractivity contribution in [1.29, 1.82) is 0 Å². The Hall–Kier alpha value is -5.55. The fourth-order valence-corrected chi connectivity index (χ4v) is 6.96. The molecule has 8 nitrogen and oxygen atoms in total. The highest BCUT2D eigenvalue weighted by Crippen LogP contribution is 2.45. The second-order valence-electron chi connectivity index (χ2n) is 13.4. The molecule has 6 aromatic heterocycles. The van der Waals surface area contributed by atoms with Gasteiger partial charge in [-0.05, 0) is 121 Å². The van der Waals surface area contributed by atoms with E-state index in [2.05, 4.69) is 35.2 Å². The third-order valence-corrected chi connectivity index (χ3v) is 10.3. The van der Waals surface area contributed by atoms with Crippen molar-refractivity contribution in [3.05, 3.63) is 148 Å². The number of nitrogens with two attached hydrogens (primary N) is 1. The van der Waals surface area contributed by atoms with Gasteiger partial charge in [-0.25, -0.2) is 18.7 Å². The first-order chi connectivity index (χ1) is 26.7. The number of anilines is 3. The monoisotopic (exact) mass is 792 g/mol. The summed E-state index contributed by atoms with van der Waals surface area (Å²) in [5.74, 6) is 0.348. The van der Waals surface area contributed by atoms with E-state index >= 15 is 0 Å². The van der Waals surface area contributed by atoms with Gasteiger partial charge in [0.15, 0.2) is 0 Å². The number of aromatic amines is 2. The zero-order valence-electron chi connectivity index (χ0n) is 29.1. The van der Waals surface area contributed by atoms with Crippen molar-refractivity contribution in [2.75, 3.05) is 11.1 Å². The summed E-state index contributed by atoms with van der Waals surface area (Å²) in [4.78, 5) is 23.3. The maximum absolute atomic E-state index is 14.3. The summed E-state index contributed by atoms with van der Waals surface area (Å²) in [5, 5.41) is 7.13. The first-order valence-corrected chi connectivity index (χ1v) is 18.8. The van der Waals surface area contributed by atoms with E-state index in [1.165, 1.54) is 24.3 Å². The van der Waals surface area contributed by atoms with Crippen LogP contribution in [0.1, 0.15) is 48.6 Å². The number of pyridine rings is 4. The molecule has 0 saturated heterocycles. The van der Waals surface area contributed by atoms with E-state index in [4.69, 9.17) is 40.5 Å². The van der Waals surface area contributed by atoms with Crippen LogP contribution in [-0.4, -0.2) is 29.9 Å². The van der Waals surface area contributed by atoms with E-state index in [-0.39, 0.29) is 11.6 Å². The highest BCUT2D eigenvalue weighted by Gasteiger charge is 2.28. The van der Waals surface area contributed by atoms with Gasteiger partial charge in [-0.1, -0.05) is 34.8 Å². The van der Waals surface area contributed by atoms with Gasteiger partial charge in [0.25, 0.3) is 0 Å². The van der Waals surface area contributed by atoms with Gasteiger partial charge in [0.05, 0.1) is 17.1 Å². The Kier molecular flexibility index (Phi) is 10.4. The number of aromatic nitrogens is 6. The molecule has 0 atom stereocenters. The summed E-state index contributed by atoms with van der Waals surface area (Å²) in [6.45, 7) is 0. The number of hydrogen-bond donors (Lipinski definition) is 4. The number of nitrogen functional groups attached to an aromatic ring is 1. The molecule has 5 N–H and O–H groups in total. The molecule has 55 heavy (non-hydrogen) atoms. The first kappa shape index (κ1) is 36.4. The quantitative estimate of drug-likeness (QED) is 0.133. The minimum absolute atomic E-state index is 0.339. The molecule has 0 aliphatic heterocycles. The molecule has 0 spiro atoms. The summed E-state index contributed by atoms with van der Waals surface area (Å²) in [5.41, 5.74) is 14.0. The summed E-state index contributed by atoms with van der Waals surface area (Å²) in [6, 6.07) is 20.2. The maximum Gasteiger partial charge on any atom is 0.139 e. The lowest BCUT2D eigenvalue weighted by Crippen LogP contribution is -1.99. The molecule has 0 bridgehead atoms. The number of H-pyrrole nitrogens is 2. The van der Waals surface area contributed by atoms with Crippen molar-refractivity contribution < 1.29 is 8.78 Å². The standard InChI is InChI=1S/C21H16ClFN4.C14H10Cl2FN.C7H7N3/c22-13-3-4-17(23)15(9-13)19-10-20(16(11-26-19)12-1-2-12)27-18-6-8-25-21-14(18)5-7-24-21;15-9-3-4-13(17)10(5-9)14-6-12(16)11(7-18-14)8-1-2-8;8-6-2-4-10-7-5(6)1-3-9-7/h3-12H,1-2H2,(H2,24,25,26,27);3-8H,1-2H2;1-4H,(H3,8,9,10). The lowest BCUT2D eigenvalue weighted by molar-refractivity contribution is 0.630. The van der Waals surface area contributed by atoms with Gasteiger partial charge in [0.1, 0.15) is 22.9 Å². The van der Waals surface area contributed by atoms with Crippen molar-refractivity contribution in [3.63, 3.8) is 0 Å². The lowest BCUT2D eigenvalue weighted by Gasteiger charge is -2.14. The third kappa shape index (κ3) is 8.27. The number of benzene rings is 2. The zero-order valence-corrected chi connectivity index (χ0v) is 31.4. The summed E-state index contributed by atoms with van der Waals surface area (Å²) in [7, 11) is 0. The largest absolute Gasteiger partial charge is 0.398 e. The fourth-order valence-electron chi connectivity index (χ4n) is 6.31. The van der Waals surface area contributed by atoms with Gasteiger partial charge in [0, 0.05) is 85.5 Å². The number of fused-ring (bicyclic) bond motifs is 2. The van der Waals surface area contributed by atoms with Gasteiger partial charge in [-0.3, -0.25) is 9.97 Å². The van der Waals surface area contributed by atoms with Gasteiger partial charge in [-0.15, -0.1) is 0 Å². The normalized spacial score (nSPS) is 13.5. The van der Waals surface area contributed by atoms with Crippen LogP contribution >= 0.6 is 34.8 Å². The van der Waals surface area contributed by atoms with E-state index < -0.39 is 0 Å². The number of halogens is 5. The Morgan fingerprint density at radius 1 is 0.600 bits per heavy atom. The van der Waals surface area contributed by atoms with Crippen molar-refractivity contribution in [2.24, 2.45) is 0 Å². The van der Waals surface area contributed by atoms with E-state index in [0.717, 1.165) is 75.9 Å². The van der Waals surface area contributed by atoms with E-state index in [1.54, 1.807) is 42.9 Å². The SMILES string of the molecule is Fc1ccc(Cl)cc1-c1cc(Cl)c(C2CC2)cn1.Fc1ccc(Cl)cc1-c1cc(Nc2ccnc3[nH]ccc23)c(C2CC2)cn1.Nc1ccnc2[nH]ccc12. The second kappa shape index (κ2) is 15.7. The second-order valence-corrected chi connectivity index (χ2v) is 14.7. The molecule has 10 rings (SSSR count). The molecule has 276 valence electrons. The molecule has 13 heteroatoms. The lowest BCUT2D eigenvalue weighted by atomic mass is 10.1. The Labute approximate surface area is 330 Å². The van der Waals surface area contributed by atoms with Crippen LogP contribution in [-0.2, 0) is 0 Å². The van der Waals surface area contributed by atoms with Crippen LogP contribution < -0.4 is 11.1 Å². The summed E-state index contributed by atoms with van der Waals surface area (Å²) >= 11 is 18.1. The van der Waals surface area contributed by atoms with Crippen LogP contribution in [0.4, 0.5) is 25.8 Å². The van der Waals surface area contributed by atoms with Crippen LogP contribution in [0, 0.1) is 11.6 Å². The predicted molar refractivity (Wildman–Crippen MR) is 218 cm³/mol. The highest BCUT2D eigenvalue weighted by atomic mass is 35.5. The van der Waals surface area contributed by atoms with Crippen molar-refractivity contribution >= 4 is 73.9 Å². The number of hydrogen-bond acceptors (Lipinski definition) is 6. The third-order valence-electron chi connectivity index (χ3n) is 9.48. The molecular formula is C42H33Cl3F2N8. The smallest absolute Gasteiger partial charge is 0.139 e.